The molecule has 0 saturated carbocycles. The summed E-state index contributed by atoms with van der Waals surface area (Å²) in [4.78, 5) is 4.04. The van der Waals surface area contributed by atoms with Gasteiger partial charge in [0.05, 0.1) is 0 Å². The van der Waals surface area contributed by atoms with Gasteiger partial charge in [0.25, 0.3) is 0 Å². The molecule has 4 heteroatoms. The molecule has 14 heavy (non-hydrogen) atoms. The second-order valence-corrected chi connectivity index (χ2v) is 3.24. The number of hydrogen-bond acceptors (Lipinski definition) is 4. The van der Waals surface area contributed by atoms with E-state index in [0.29, 0.717) is 13.2 Å². The molecule has 0 unspecified atom stereocenters. The number of hydrogen-bond donors (Lipinski definition) is 0. The Morgan fingerprint density at radius 2 is 2.14 bits per heavy atom. The van der Waals surface area contributed by atoms with E-state index in [4.69, 9.17) is 9.47 Å². The molecule has 1 heterocycles. The fourth-order valence-electron chi connectivity index (χ4n) is 0.840. The molecule has 0 aliphatic carbocycles. The molecule has 0 amide bonds. The fraction of sp³-hybridized carbons (Fsp3) is 0.500. The number of rotatable bonds is 4. The first-order valence-corrected chi connectivity index (χ1v) is 5.39. The van der Waals surface area contributed by atoms with Crippen LogP contribution in [-0.4, -0.2) is 24.5 Å². The summed E-state index contributed by atoms with van der Waals surface area (Å²) in [7, 11) is 0. The van der Waals surface area contributed by atoms with E-state index in [9.17, 15) is 0 Å². The molecular weight excluding hydrogens is 198 g/mol. The summed E-state index contributed by atoms with van der Waals surface area (Å²) in [5.41, 5.74) is 0. The van der Waals surface area contributed by atoms with Gasteiger partial charge in [0, 0.05) is 24.8 Å². The van der Waals surface area contributed by atoms with E-state index in [0.717, 1.165) is 5.01 Å². The Labute approximate surface area is 88.1 Å². The minimum absolute atomic E-state index is 0.436. The van der Waals surface area contributed by atoms with Crippen LogP contribution in [0.15, 0.2) is 11.6 Å². The minimum Gasteiger partial charge on any atom is -0.342 e. The third-order valence-electron chi connectivity index (χ3n) is 1.37. The van der Waals surface area contributed by atoms with E-state index < -0.39 is 6.29 Å². The van der Waals surface area contributed by atoms with E-state index >= 15 is 0 Å². The van der Waals surface area contributed by atoms with E-state index in [1.807, 2.05) is 19.2 Å². The van der Waals surface area contributed by atoms with Crippen LogP contribution in [0.4, 0.5) is 0 Å². The van der Waals surface area contributed by atoms with Crippen molar-refractivity contribution in [2.24, 2.45) is 0 Å². The lowest BCUT2D eigenvalue weighted by Crippen LogP contribution is -2.14. The number of thiazole rings is 1. The van der Waals surface area contributed by atoms with Gasteiger partial charge in [-0.25, -0.2) is 4.98 Å². The van der Waals surface area contributed by atoms with Crippen LogP contribution < -0.4 is 0 Å². The smallest absolute Gasteiger partial charge is 0.222 e. The molecule has 0 aliphatic rings. The molecule has 3 nitrogen and oxygen atoms in total. The van der Waals surface area contributed by atoms with E-state index in [2.05, 4.69) is 16.8 Å². The van der Waals surface area contributed by atoms with E-state index in [1.54, 1.807) is 6.20 Å². The van der Waals surface area contributed by atoms with Gasteiger partial charge in [-0.15, -0.1) is 11.3 Å². The molecule has 0 aromatic carbocycles. The van der Waals surface area contributed by atoms with Crippen LogP contribution >= 0.6 is 11.3 Å². The van der Waals surface area contributed by atoms with E-state index in [1.165, 1.54) is 11.3 Å². The van der Waals surface area contributed by atoms with Gasteiger partial charge in [-0.3, -0.25) is 0 Å². The van der Waals surface area contributed by atoms with Gasteiger partial charge in [-0.05, 0) is 25.7 Å². The molecule has 0 bridgehead atoms. The molecule has 0 fully saturated rings. The van der Waals surface area contributed by atoms with Crippen molar-refractivity contribution in [3.63, 3.8) is 0 Å². The molecule has 0 atom stereocenters. The standard InChI is InChI=1S/C10H13NO2S/c1-3-12-10(13-4-2)6-5-9-11-7-8-14-9/h7-8,10H,3-4H2,1-2H3. The van der Waals surface area contributed by atoms with Crippen molar-refractivity contribution >= 4 is 11.3 Å². The monoisotopic (exact) mass is 211 g/mol. The molecule has 76 valence electrons. The fourth-order valence-corrected chi connectivity index (χ4v) is 1.33. The SMILES string of the molecule is CCOC(C#Cc1nccs1)OCC. The predicted molar refractivity (Wildman–Crippen MR) is 56.0 cm³/mol. The van der Waals surface area contributed by atoms with Crippen LogP contribution in [-0.2, 0) is 9.47 Å². The van der Waals surface area contributed by atoms with Crippen LogP contribution in [0.25, 0.3) is 0 Å². The summed E-state index contributed by atoms with van der Waals surface area (Å²) >= 11 is 1.51. The molecule has 0 aliphatic heterocycles. The normalized spacial score (nSPS) is 9.93. The van der Waals surface area contributed by atoms with Gasteiger partial charge in [0.1, 0.15) is 0 Å². The van der Waals surface area contributed by atoms with Crippen molar-refractivity contribution in [2.45, 2.75) is 20.1 Å². The maximum Gasteiger partial charge on any atom is 0.222 e. The lowest BCUT2D eigenvalue weighted by Gasteiger charge is -2.09. The Bertz CT molecular complexity index is 294. The summed E-state index contributed by atoms with van der Waals surface area (Å²) in [6, 6.07) is 0. The van der Waals surface area contributed by atoms with Gasteiger partial charge >= 0.3 is 0 Å². The molecule has 0 N–H and O–H groups in total. The molecule has 1 rings (SSSR count). The molecule has 0 radical (unpaired) electrons. The molecular formula is C10H13NO2S. The molecule has 0 spiro atoms. The van der Waals surface area contributed by atoms with Gasteiger partial charge < -0.3 is 9.47 Å². The van der Waals surface area contributed by atoms with Crippen LogP contribution in [0.5, 0.6) is 0 Å². The summed E-state index contributed by atoms with van der Waals surface area (Å²) in [6.07, 6.45) is 1.29. The summed E-state index contributed by atoms with van der Waals surface area (Å²) in [5.74, 6) is 5.78. The van der Waals surface area contributed by atoms with Gasteiger partial charge in [-0.2, -0.15) is 0 Å². The zero-order valence-electron chi connectivity index (χ0n) is 8.32. The second kappa shape index (κ2) is 6.55. The van der Waals surface area contributed by atoms with Crippen molar-refractivity contribution in [1.82, 2.24) is 4.98 Å². The minimum atomic E-state index is -0.436. The third-order valence-corrected chi connectivity index (χ3v) is 2.05. The average Bonchev–Trinajstić information content (AvgIpc) is 2.67. The number of aromatic nitrogens is 1. The van der Waals surface area contributed by atoms with Crippen molar-refractivity contribution in [2.75, 3.05) is 13.2 Å². The van der Waals surface area contributed by atoms with E-state index in [-0.39, 0.29) is 0 Å². The highest BCUT2D eigenvalue weighted by atomic mass is 32.1. The zero-order valence-corrected chi connectivity index (χ0v) is 9.13. The largest absolute Gasteiger partial charge is 0.342 e. The van der Waals surface area contributed by atoms with Gasteiger partial charge in [0.2, 0.25) is 6.29 Å². The van der Waals surface area contributed by atoms with Crippen molar-refractivity contribution in [3.05, 3.63) is 16.6 Å². The highest BCUT2D eigenvalue weighted by molar-refractivity contribution is 7.10. The first-order valence-electron chi connectivity index (χ1n) is 4.51. The highest BCUT2D eigenvalue weighted by Gasteiger charge is 2.01. The Kier molecular flexibility index (Phi) is 5.23. The number of nitrogens with zero attached hydrogens (tertiary/aromatic N) is 1. The summed E-state index contributed by atoms with van der Waals surface area (Å²) in [5, 5.41) is 2.68. The summed E-state index contributed by atoms with van der Waals surface area (Å²) in [6.45, 7) is 5.02. The third kappa shape index (κ3) is 3.88. The zero-order chi connectivity index (χ0) is 10.2. The summed E-state index contributed by atoms with van der Waals surface area (Å²) < 4.78 is 10.5. The van der Waals surface area contributed by atoms with Crippen LogP contribution in [0, 0.1) is 11.8 Å². The van der Waals surface area contributed by atoms with Crippen molar-refractivity contribution in [3.8, 4) is 11.8 Å². The highest BCUT2D eigenvalue weighted by Crippen LogP contribution is 2.01. The Morgan fingerprint density at radius 1 is 1.43 bits per heavy atom. The first kappa shape index (κ1) is 11.2. The maximum absolute atomic E-state index is 5.26. The van der Waals surface area contributed by atoms with Gasteiger partial charge in [0.15, 0.2) is 5.01 Å². The van der Waals surface area contributed by atoms with Crippen LogP contribution in [0.2, 0.25) is 0 Å². The lowest BCUT2D eigenvalue weighted by atomic mass is 10.5. The van der Waals surface area contributed by atoms with Gasteiger partial charge in [-0.1, -0.05) is 0 Å². The Hall–Kier alpha value is -0.890. The second-order valence-electron chi connectivity index (χ2n) is 2.35. The van der Waals surface area contributed by atoms with Crippen LogP contribution in [0.1, 0.15) is 18.9 Å². The molecule has 1 aromatic rings. The molecule has 1 aromatic heterocycles. The lowest BCUT2D eigenvalue weighted by molar-refractivity contribution is -0.0969. The topological polar surface area (TPSA) is 31.4 Å². The number of ether oxygens (including phenoxy) is 2. The Morgan fingerprint density at radius 3 is 2.64 bits per heavy atom. The maximum atomic E-state index is 5.26. The molecule has 0 saturated heterocycles. The van der Waals surface area contributed by atoms with Crippen molar-refractivity contribution in [1.29, 1.82) is 0 Å². The average molecular weight is 211 g/mol. The quantitative estimate of drug-likeness (QED) is 0.563. The van der Waals surface area contributed by atoms with Crippen molar-refractivity contribution < 1.29 is 9.47 Å². The Balaban J connectivity index is 2.53. The first-order chi connectivity index (χ1) is 6.86. The van der Waals surface area contributed by atoms with Crippen LogP contribution in [0.3, 0.4) is 0 Å². The predicted octanol–water partition coefficient (Wildman–Crippen LogP) is 1.89.